The van der Waals surface area contributed by atoms with E-state index in [1.165, 1.54) is 7.11 Å². The van der Waals surface area contributed by atoms with E-state index in [0.717, 1.165) is 11.1 Å². The summed E-state index contributed by atoms with van der Waals surface area (Å²) in [5.41, 5.74) is 8.21. The van der Waals surface area contributed by atoms with Crippen LogP contribution in [0.15, 0.2) is 47.9 Å². The minimum atomic E-state index is -0.440. The topological polar surface area (TPSA) is 104 Å². The Kier molecular flexibility index (Phi) is 3.66. The number of methoxy groups -OCH3 is 1. The molecule has 1 atom stereocenters. The molecule has 0 unspecified atom stereocenters. The molecule has 0 amide bonds. The summed E-state index contributed by atoms with van der Waals surface area (Å²) in [5.74, 6) is 0.833. The molecule has 0 fully saturated rings. The van der Waals surface area contributed by atoms with Crippen LogP contribution in [0.25, 0.3) is 0 Å². The molecule has 7 heteroatoms. The van der Waals surface area contributed by atoms with Gasteiger partial charge in [0.15, 0.2) is 11.5 Å². The van der Waals surface area contributed by atoms with E-state index >= 15 is 0 Å². The molecular formula is C19H14N2O5. The average molecular weight is 350 g/mol. The van der Waals surface area contributed by atoms with Gasteiger partial charge in [0.1, 0.15) is 17.4 Å². The summed E-state index contributed by atoms with van der Waals surface area (Å²) in [4.78, 5) is 11.6. The first-order valence-corrected chi connectivity index (χ1v) is 7.81. The highest BCUT2D eigenvalue weighted by atomic mass is 16.7. The molecule has 2 aliphatic rings. The predicted molar refractivity (Wildman–Crippen MR) is 89.6 cm³/mol. The number of esters is 1. The van der Waals surface area contributed by atoms with E-state index in [1.807, 2.05) is 0 Å². The first kappa shape index (κ1) is 15.8. The summed E-state index contributed by atoms with van der Waals surface area (Å²) in [6.45, 7) is 0.130. The SMILES string of the molecule is COC(=O)c1ccc([C@@H]2C(C#N)=C(N)Oc3cc4c(cc32)OCO4)cc1. The molecule has 0 saturated heterocycles. The summed E-state index contributed by atoms with van der Waals surface area (Å²) in [6, 6.07) is 12.4. The molecule has 0 aliphatic carbocycles. The second-order valence-electron chi connectivity index (χ2n) is 5.78. The van der Waals surface area contributed by atoms with Gasteiger partial charge in [-0.3, -0.25) is 0 Å². The molecule has 2 heterocycles. The first-order chi connectivity index (χ1) is 12.6. The van der Waals surface area contributed by atoms with E-state index in [4.69, 9.17) is 24.7 Å². The van der Waals surface area contributed by atoms with Gasteiger partial charge in [-0.1, -0.05) is 12.1 Å². The third-order valence-corrected chi connectivity index (χ3v) is 4.38. The Morgan fingerprint density at radius 2 is 1.88 bits per heavy atom. The predicted octanol–water partition coefficient (Wildman–Crippen LogP) is 2.42. The number of nitriles is 1. The van der Waals surface area contributed by atoms with Crippen LogP contribution < -0.4 is 19.9 Å². The lowest BCUT2D eigenvalue weighted by atomic mass is 9.83. The maximum Gasteiger partial charge on any atom is 0.337 e. The zero-order valence-corrected chi connectivity index (χ0v) is 13.8. The van der Waals surface area contributed by atoms with Crippen LogP contribution in [0.1, 0.15) is 27.4 Å². The van der Waals surface area contributed by atoms with Crippen LogP contribution in [0.3, 0.4) is 0 Å². The van der Waals surface area contributed by atoms with E-state index in [9.17, 15) is 10.1 Å². The van der Waals surface area contributed by atoms with Crippen LogP contribution in [0.2, 0.25) is 0 Å². The molecular weight excluding hydrogens is 336 g/mol. The Hall–Kier alpha value is -3.66. The highest BCUT2D eigenvalue weighted by molar-refractivity contribution is 5.89. The average Bonchev–Trinajstić information content (AvgIpc) is 3.12. The quantitative estimate of drug-likeness (QED) is 0.829. The van der Waals surface area contributed by atoms with Gasteiger partial charge in [-0.05, 0) is 23.8 Å². The lowest BCUT2D eigenvalue weighted by Crippen LogP contribution is -2.21. The number of nitrogens with zero attached hydrogens (tertiary/aromatic N) is 1. The molecule has 0 bridgehead atoms. The molecule has 0 saturated carbocycles. The number of rotatable bonds is 2. The van der Waals surface area contributed by atoms with Crippen LogP contribution in [0.4, 0.5) is 0 Å². The van der Waals surface area contributed by atoms with Crippen LogP contribution in [0, 0.1) is 11.3 Å². The van der Waals surface area contributed by atoms with Crippen molar-refractivity contribution in [3.8, 4) is 23.3 Å². The minimum Gasteiger partial charge on any atom is -0.465 e. The molecule has 0 spiro atoms. The monoisotopic (exact) mass is 350 g/mol. The Morgan fingerprint density at radius 1 is 1.19 bits per heavy atom. The third-order valence-electron chi connectivity index (χ3n) is 4.38. The summed E-state index contributed by atoms with van der Waals surface area (Å²) in [7, 11) is 1.32. The Bertz CT molecular complexity index is 973. The van der Waals surface area contributed by atoms with Crippen molar-refractivity contribution < 1.29 is 23.7 Å². The van der Waals surface area contributed by atoms with Gasteiger partial charge >= 0.3 is 5.97 Å². The van der Waals surface area contributed by atoms with Gasteiger partial charge in [0.25, 0.3) is 0 Å². The lowest BCUT2D eigenvalue weighted by Gasteiger charge is -2.26. The number of ether oxygens (including phenoxy) is 4. The molecule has 0 aromatic heterocycles. The molecule has 7 nitrogen and oxygen atoms in total. The van der Waals surface area contributed by atoms with Gasteiger partial charge in [0, 0.05) is 11.6 Å². The number of hydrogen-bond donors (Lipinski definition) is 1. The van der Waals surface area contributed by atoms with Crippen molar-refractivity contribution in [2.45, 2.75) is 5.92 Å². The Morgan fingerprint density at radius 3 is 2.54 bits per heavy atom. The summed E-state index contributed by atoms with van der Waals surface area (Å²) in [5, 5.41) is 9.60. The van der Waals surface area contributed by atoms with Gasteiger partial charge in [0.05, 0.1) is 18.6 Å². The van der Waals surface area contributed by atoms with Gasteiger partial charge in [-0.2, -0.15) is 5.26 Å². The fourth-order valence-electron chi connectivity index (χ4n) is 3.12. The number of fused-ring (bicyclic) bond motifs is 2. The zero-order chi connectivity index (χ0) is 18.3. The van der Waals surface area contributed by atoms with Crippen molar-refractivity contribution in [1.82, 2.24) is 0 Å². The third kappa shape index (κ3) is 2.40. The van der Waals surface area contributed by atoms with E-state index in [0.29, 0.717) is 28.4 Å². The number of allylic oxidation sites excluding steroid dienone is 1. The number of carbonyl (C=O) groups excluding carboxylic acids is 1. The molecule has 4 rings (SSSR count). The van der Waals surface area contributed by atoms with Crippen molar-refractivity contribution in [2.24, 2.45) is 5.73 Å². The molecule has 0 radical (unpaired) electrons. The van der Waals surface area contributed by atoms with Crippen molar-refractivity contribution in [1.29, 1.82) is 5.26 Å². The lowest BCUT2D eigenvalue weighted by molar-refractivity contribution is 0.0600. The molecule has 2 aromatic carbocycles. The fraction of sp³-hybridized carbons (Fsp3) is 0.158. The van der Waals surface area contributed by atoms with Crippen molar-refractivity contribution in [3.63, 3.8) is 0 Å². The molecule has 26 heavy (non-hydrogen) atoms. The highest BCUT2D eigenvalue weighted by Gasteiger charge is 2.33. The molecule has 2 N–H and O–H groups in total. The van der Waals surface area contributed by atoms with E-state index < -0.39 is 11.9 Å². The van der Waals surface area contributed by atoms with Crippen LogP contribution in [0.5, 0.6) is 17.2 Å². The highest BCUT2D eigenvalue weighted by Crippen LogP contribution is 2.47. The van der Waals surface area contributed by atoms with Gasteiger partial charge in [-0.25, -0.2) is 4.79 Å². The summed E-state index contributed by atoms with van der Waals surface area (Å²) >= 11 is 0. The van der Waals surface area contributed by atoms with Crippen molar-refractivity contribution in [2.75, 3.05) is 13.9 Å². The smallest absolute Gasteiger partial charge is 0.337 e. The Balaban J connectivity index is 1.84. The maximum atomic E-state index is 11.6. The van der Waals surface area contributed by atoms with E-state index in [-0.39, 0.29) is 12.7 Å². The number of nitrogens with two attached hydrogens (primary N) is 1. The zero-order valence-electron chi connectivity index (χ0n) is 13.8. The van der Waals surface area contributed by atoms with Crippen LogP contribution in [-0.2, 0) is 4.74 Å². The van der Waals surface area contributed by atoms with Gasteiger partial charge in [-0.15, -0.1) is 0 Å². The largest absolute Gasteiger partial charge is 0.465 e. The van der Waals surface area contributed by atoms with Crippen molar-refractivity contribution in [3.05, 3.63) is 64.5 Å². The molecule has 2 aliphatic heterocycles. The fourth-order valence-corrected chi connectivity index (χ4v) is 3.12. The minimum absolute atomic E-state index is 0.0425. The second kappa shape index (κ2) is 6.01. The standard InChI is InChI=1S/C19H14N2O5/c1-23-19(22)11-4-2-10(3-5-11)17-12-6-15-16(25-9-24-15)7-14(12)26-18(21)13(17)8-20/h2-7,17H,9,21H2,1H3/t17-/m0/s1. The van der Waals surface area contributed by atoms with E-state index in [2.05, 4.69) is 6.07 Å². The normalized spacial score (nSPS) is 17.2. The second-order valence-corrected chi connectivity index (χ2v) is 5.78. The van der Waals surface area contributed by atoms with Crippen LogP contribution >= 0.6 is 0 Å². The van der Waals surface area contributed by atoms with Gasteiger partial charge in [0.2, 0.25) is 12.7 Å². The Labute approximate surface area is 149 Å². The maximum absolute atomic E-state index is 11.6. The van der Waals surface area contributed by atoms with Crippen LogP contribution in [-0.4, -0.2) is 19.9 Å². The molecule has 130 valence electrons. The van der Waals surface area contributed by atoms with Crippen molar-refractivity contribution >= 4 is 5.97 Å². The van der Waals surface area contributed by atoms with E-state index in [1.54, 1.807) is 36.4 Å². The summed E-state index contributed by atoms with van der Waals surface area (Å²) < 4.78 is 21.1. The number of hydrogen-bond acceptors (Lipinski definition) is 7. The number of benzene rings is 2. The summed E-state index contributed by atoms with van der Waals surface area (Å²) in [6.07, 6.45) is 0. The molecule has 2 aromatic rings. The van der Waals surface area contributed by atoms with Gasteiger partial charge < -0.3 is 24.7 Å². The number of carbonyl (C=O) groups is 1. The first-order valence-electron chi connectivity index (χ1n) is 7.81.